The van der Waals surface area contributed by atoms with Gasteiger partial charge in [-0.05, 0) is 79.2 Å². The Kier molecular flexibility index (Phi) is 8.04. The Labute approximate surface area is 331 Å². The molecule has 0 saturated carbocycles. The number of aliphatic imine (C=N–C) groups is 1. The molecule has 5 nitrogen and oxygen atoms in total. The van der Waals surface area contributed by atoms with Crippen LogP contribution in [0.1, 0.15) is 23.5 Å². The molecule has 272 valence electrons. The first-order chi connectivity index (χ1) is 28.2. The van der Waals surface area contributed by atoms with Crippen LogP contribution in [0.15, 0.2) is 205 Å². The smallest absolute Gasteiger partial charge is 0.131 e. The monoisotopic (exact) mass is 733 g/mol. The molecule has 0 aliphatic carbocycles. The van der Waals surface area contributed by atoms with Gasteiger partial charge in [0.25, 0.3) is 0 Å². The molecule has 8 aromatic carbocycles. The highest BCUT2D eigenvalue weighted by atomic mass is 15.3. The molecule has 1 aromatic heterocycles. The Morgan fingerprint density at radius 3 is 2.04 bits per heavy atom. The Hall–Kier alpha value is -7.21. The maximum Gasteiger partial charge on any atom is 0.131 e. The van der Waals surface area contributed by atoms with E-state index < -0.39 is 0 Å². The van der Waals surface area contributed by atoms with Gasteiger partial charge in [-0.3, -0.25) is 9.88 Å². The fourth-order valence-electron chi connectivity index (χ4n) is 8.71. The summed E-state index contributed by atoms with van der Waals surface area (Å²) in [6.45, 7) is 0.657. The summed E-state index contributed by atoms with van der Waals surface area (Å²) in [7, 11) is 0. The number of hydrogen-bond donors (Lipinski definition) is 3. The fraction of sp³-hybridized carbons (Fsp3) is 0.0577. The van der Waals surface area contributed by atoms with E-state index in [0.29, 0.717) is 6.54 Å². The zero-order chi connectivity index (χ0) is 37.7. The Bertz CT molecular complexity index is 3070. The molecule has 2 aliphatic rings. The number of nitrogens with zero attached hydrogens (tertiary/aromatic N) is 2. The first-order valence-corrected chi connectivity index (χ1v) is 19.7. The predicted molar refractivity (Wildman–Crippen MR) is 238 cm³/mol. The largest absolute Gasteiger partial charge is 0.368 e. The average molecular weight is 734 g/mol. The van der Waals surface area contributed by atoms with E-state index in [9.17, 15) is 0 Å². The molecule has 2 aliphatic heterocycles. The number of benzene rings is 8. The van der Waals surface area contributed by atoms with Crippen molar-refractivity contribution in [3.8, 4) is 22.3 Å². The number of nitrogens with one attached hydrogen (secondary N) is 3. The van der Waals surface area contributed by atoms with Gasteiger partial charge in [-0.1, -0.05) is 170 Å². The van der Waals surface area contributed by atoms with Crippen LogP contribution >= 0.6 is 0 Å². The zero-order valence-electron chi connectivity index (χ0n) is 31.2. The lowest BCUT2D eigenvalue weighted by atomic mass is 9.94. The molecule has 3 N–H and O–H groups in total. The Balaban J connectivity index is 1.10. The van der Waals surface area contributed by atoms with Gasteiger partial charge in [0.15, 0.2) is 0 Å². The van der Waals surface area contributed by atoms with E-state index in [1.54, 1.807) is 0 Å². The average Bonchev–Trinajstić information content (AvgIpc) is 3.63. The van der Waals surface area contributed by atoms with Crippen molar-refractivity contribution >= 4 is 55.0 Å². The maximum absolute atomic E-state index is 5.35. The van der Waals surface area contributed by atoms with Crippen LogP contribution in [0.25, 0.3) is 71.4 Å². The summed E-state index contributed by atoms with van der Waals surface area (Å²) in [4.78, 5) is 5.35. The molecular formula is C52H39N5. The fourth-order valence-corrected chi connectivity index (χ4v) is 8.71. The zero-order valence-corrected chi connectivity index (χ0v) is 31.2. The minimum atomic E-state index is -0.229. The number of amidine groups is 1. The van der Waals surface area contributed by atoms with Crippen molar-refractivity contribution in [3.05, 3.63) is 211 Å². The third-order valence-electron chi connectivity index (χ3n) is 11.5. The maximum atomic E-state index is 5.35. The highest BCUT2D eigenvalue weighted by Gasteiger charge is 2.28. The van der Waals surface area contributed by atoms with Gasteiger partial charge in [0, 0.05) is 22.9 Å². The molecule has 3 heterocycles. The summed E-state index contributed by atoms with van der Waals surface area (Å²) in [5.41, 5.74) is 10.4. The highest BCUT2D eigenvalue weighted by molar-refractivity contribution is 6.25. The van der Waals surface area contributed by atoms with Crippen molar-refractivity contribution in [2.75, 3.05) is 6.54 Å². The van der Waals surface area contributed by atoms with Gasteiger partial charge in [-0.25, -0.2) is 4.99 Å². The van der Waals surface area contributed by atoms with Crippen LogP contribution in [0.4, 0.5) is 0 Å². The third kappa shape index (κ3) is 5.88. The van der Waals surface area contributed by atoms with Crippen molar-refractivity contribution in [1.29, 1.82) is 0 Å². The van der Waals surface area contributed by atoms with Gasteiger partial charge in [-0.15, -0.1) is 0 Å². The first kappa shape index (κ1) is 33.2. The Morgan fingerprint density at radius 2 is 1.23 bits per heavy atom. The van der Waals surface area contributed by atoms with E-state index in [0.717, 1.165) is 39.4 Å². The normalized spacial score (nSPS) is 16.9. The second kappa shape index (κ2) is 13.8. The molecule has 0 saturated heterocycles. The van der Waals surface area contributed by atoms with Crippen LogP contribution in [0.3, 0.4) is 0 Å². The minimum Gasteiger partial charge on any atom is -0.368 e. The summed E-state index contributed by atoms with van der Waals surface area (Å²) in [6.07, 6.45) is 4.13. The number of aromatic nitrogens is 1. The summed E-state index contributed by atoms with van der Waals surface area (Å²) >= 11 is 0. The van der Waals surface area contributed by atoms with Crippen LogP contribution in [-0.2, 0) is 0 Å². The highest BCUT2D eigenvalue weighted by Crippen LogP contribution is 2.42. The van der Waals surface area contributed by atoms with Gasteiger partial charge in [0.05, 0.1) is 11.0 Å². The molecule has 0 spiro atoms. The minimum absolute atomic E-state index is 0.151. The molecule has 0 radical (unpaired) electrons. The van der Waals surface area contributed by atoms with Crippen LogP contribution in [0.2, 0.25) is 0 Å². The molecule has 5 heteroatoms. The third-order valence-corrected chi connectivity index (χ3v) is 11.5. The van der Waals surface area contributed by atoms with E-state index in [-0.39, 0.29) is 12.3 Å². The summed E-state index contributed by atoms with van der Waals surface area (Å²) in [6, 6.07) is 65.3. The summed E-state index contributed by atoms with van der Waals surface area (Å²) in [5, 5.41) is 18.8. The summed E-state index contributed by atoms with van der Waals surface area (Å²) < 4.78 is 2.43. The topological polar surface area (TPSA) is 53.4 Å². The van der Waals surface area contributed by atoms with Crippen molar-refractivity contribution in [3.63, 3.8) is 0 Å². The van der Waals surface area contributed by atoms with Crippen LogP contribution in [0, 0.1) is 0 Å². The standard InChI is InChI=1S/C52H39N5/c1-4-14-34(15-5-1)39-26-27-44-46(31-39)57(47-33-45(36-17-6-2-7-18-36)42-22-12-13-23-43(42)49(44)47)48-32-41(28-29-53-48)52-55-50(37-19-8-3-9-20-37)54-51(56-52)40-25-24-35-16-10-11-21-38(35)30-40/h1-28,30-33,50-51,53-54H,29H2,(H,55,56). The second-order valence-corrected chi connectivity index (χ2v) is 14.9. The van der Waals surface area contributed by atoms with E-state index in [2.05, 4.69) is 215 Å². The lowest BCUT2D eigenvalue weighted by molar-refractivity contribution is 0.409. The quantitative estimate of drug-likeness (QED) is 0.159. The number of hydrogen-bond acceptors (Lipinski definition) is 4. The molecule has 0 bridgehead atoms. The van der Waals surface area contributed by atoms with Crippen molar-refractivity contribution in [2.45, 2.75) is 12.3 Å². The van der Waals surface area contributed by atoms with E-state index in [1.165, 1.54) is 54.6 Å². The van der Waals surface area contributed by atoms with Crippen molar-refractivity contribution in [1.82, 2.24) is 20.5 Å². The molecule has 11 rings (SSSR count). The van der Waals surface area contributed by atoms with Crippen LogP contribution in [-0.4, -0.2) is 16.9 Å². The molecule has 57 heavy (non-hydrogen) atoms. The van der Waals surface area contributed by atoms with Gasteiger partial charge in [-0.2, -0.15) is 0 Å². The Morgan fingerprint density at radius 1 is 0.526 bits per heavy atom. The van der Waals surface area contributed by atoms with Crippen molar-refractivity contribution in [2.24, 2.45) is 4.99 Å². The lowest BCUT2D eigenvalue weighted by Crippen LogP contribution is -2.45. The predicted octanol–water partition coefficient (Wildman–Crippen LogP) is 11.8. The summed E-state index contributed by atoms with van der Waals surface area (Å²) in [5.74, 6) is 1.87. The van der Waals surface area contributed by atoms with Gasteiger partial charge in [0.1, 0.15) is 24.0 Å². The van der Waals surface area contributed by atoms with Crippen LogP contribution < -0.4 is 16.0 Å². The number of dihydropyridines is 1. The van der Waals surface area contributed by atoms with E-state index in [1.807, 2.05) is 0 Å². The van der Waals surface area contributed by atoms with Crippen LogP contribution in [0.5, 0.6) is 0 Å². The number of rotatable bonds is 6. The second-order valence-electron chi connectivity index (χ2n) is 14.9. The van der Waals surface area contributed by atoms with Crippen molar-refractivity contribution < 1.29 is 0 Å². The molecule has 2 unspecified atom stereocenters. The van der Waals surface area contributed by atoms with E-state index in [4.69, 9.17) is 4.99 Å². The van der Waals surface area contributed by atoms with Gasteiger partial charge >= 0.3 is 0 Å². The number of fused-ring (bicyclic) bond motifs is 6. The SMILES string of the molecule is C1=C(C2=NC(c3ccccc3)NC(c3ccc4ccccc4c3)N2)C=C(n2c3cc(-c4ccccc4)ccc3c3c4ccccc4c(-c4ccccc4)cc32)NC1. The lowest BCUT2D eigenvalue weighted by Gasteiger charge is -2.33. The molecule has 9 aromatic rings. The first-order valence-electron chi connectivity index (χ1n) is 19.7. The molecular weight excluding hydrogens is 695 g/mol. The van der Waals surface area contributed by atoms with E-state index >= 15 is 0 Å². The molecule has 0 amide bonds. The molecule has 2 atom stereocenters. The van der Waals surface area contributed by atoms with Gasteiger partial charge in [0.2, 0.25) is 0 Å². The molecule has 0 fully saturated rings. The van der Waals surface area contributed by atoms with Gasteiger partial charge < -0.3 is 10.6 Å².